The van der Waals surface area contributed by atoms with Crippen molar-refractivity contribution in [1.29, 1.82) is 0 Å². The average Bonchev–Trinajstić information content (AvgIpc) is 2.93. The molecule has 0 spiro atoms. The fourth-order valence-electron chi connectivity index (χ4n) is 5.41. The Balaban J connectivity index is 1.20. The van der Waals surface area contributed by atoms with Crippen LogP contribution in [0.15, 0.2) is 42.5 Å². The van der Waals surface area contributed by atoms with E-state index in [1.54, 1.807) is 7.11 Å². The first kappa shape index (κ1) is 25.3. The Kier molecular flexibility index (Phi) is 8.99. The largest absolute Gasteiger partial charge is 0.490 e. The van der Waals surface area contributed by atoms with Gasteiger partial charge < -0.3 is 33.9 Å². The van der Waals surface area contributed by atoms with Crippen molar-refractivity contribution in [2.24, 2.45) is 0 Å². The zero-order valence-electron chi connectivity index (χ0n) is 21.5. The Morgan fingerprint density at radius 1 is 1.03 bits per heavy atom. The Hall–Kier alpha value is -2.32. The zero-order chi connectivity index (χ0) is 24.6. The lowest BCUT2D eigenvalue weighted by Crippen LogP contribution is -2.41. The fourth-order valence-corrected chi connectivity index (χ4v) is 5.41. The molecule has 3 aliphatic rings. The maximum Gasteiger partial charge on any atom is 0.142 e. The first-order valence-corrected chi connectivity index (χ1v) is 13.5. The monoisotopic (exact) mass is 496 g/mol. The third kappa shape index (κ3) is 6.51. The minimum absolute atomic E-state index is 0.131. The molecule has 2 aromatic carbocycles. The van der Waals surface area contributed by atoms with Crippen LogP contribution < -0.4 is 19.7 Å². The predicted molar refractivity (Wildman–Crippen MR) is 140 cm³/mol. The number of benzene rings is 2. The smallest absolute Gasteiger partial charge is 0.142 e. The number of rotatable bonds is 10. The second-order valence-corrected chi connectivity index (χ2v) is 9.93. The highest BCUT2D eigenvalue weighted by atomic mass is 16.5. The molecule has 2 aromatic rings. The number of methoxy groups -OCH3 is 1. The van der Waals surface area contributed by atoms with E-state index in [0.29, 0.717) is 12.5 Å². The number of anilines is 1. The van der Waals surface area contributed by atoms with E-state index >= 15 is 0 Å². The molecule has 7 heteroatoms. The maximum atomic E-state index is 6.53. The molecule has 1 N–H and O–H groups in total. The quantitative estimate of drug-likeness (QED) is 0.496. The van der Waals surface area contributed by atoms with Gasteiger partial charge in [0.25, 0.3) is 0 Å². The van der Waals surface area contributed by atoms with Crippen LogP contribution in [0.2, 0.25) is 0 Å². The molecule has 196 valence electrons. The van der Waals surface area contributed by atoms with E-state index in [1.165, 1.54) is 11.1 Å². The van der Waals surface area contributed by atoms with Crippen molar-refractivity contribution in [3.8, 4) is 11.5 Å². The van der Waals surface area contributed by atoms with Crippen LogP contribution in [-0.4, -0.2) is 71.9 Å². The standard InChI is InChI=1S/C29H40N2O5/c1-32-15-2-13-31-14-18-34-28-8-3-22(19-27(28)31)21-35-29-20-30-12-9-26(29)23-4-6-24(7-5-23)36-25-10-16-33-17-11-25/h3-8,19,25-26,29-30H,2,9-18,20-21H2,1H3. The average molecular weight is 497 g/mol. The summed E-state index contributed by atoms with van der Waals surface area (Å²) in [7, 11) is 1.76. The Morgan fingerprint density at radius 3 is 2.72 bits per heavy atom. The zero-order valence-corrected chi connectivity index (χ0v) is 21.5. The normalized spacial score (nSPS) is 22.6. The molecule has 0 radical (unpaired) electrons. The predicted octanol–water partition coefficient (Wildman–Crippen LogP) is 4.14. The second kappa shape index (κ2) is 12.8. The van der Waals surface area contributed by atoms with Gasteiger partial charge in [0.1, 0.15) is 24.2 Å². The molecule has 0 aliphatic carbocycles. The lowest BCUT2D eigenvalue weighted by atomic mass is 9.87. The van der Waals surface area contributed by atoms with E-state index in [4.69, 9.17) is 23.7 Å². The van der Waals surface area contributed by atoms with Crippen LogP contribution in [0.3, 0.4) is 0 Å². The molecule has 3 aliphatic heterocycles. The summed E-state index contributed by atoms with van der Waals surface area (Å²) in [6, 6.07) is 15.1. The fraction of sp³-hybridized carbons (Fsp3) is 0.586. The van der Waals surface area contributed by atoms with Gasteiger partial charge in [-0.15, -0.1) is 0 Å². The highest BCUT2D eigenvalue weighted by molar-refractivity contribution is 5.61. The molecule has 2 fully saturated rings. The summed E-state index contributed by atoms with van der Waals surface area (Å²) in [5.74, 6) is 2.28. The van der Waals surface area contributed by atoms with Crippen molar-refractivity contribution in [3.05, 3.63) is 53.6 Å². The van der Waals surface area contributed by atoms with Crippen LogP contribution in [0.4, 0.5) is 5.69 Å². The number of hydrogen-bond acceptors (Lipinski definition) is 7. The van der Waals surface area contributed by atoms with Crippen molar-refractivity contribution in [1.82, 2.24) is 5.32 Å². The first-order valence-electron chi connectivity index (χ1n) is 13.5. The van der Waals surface area contributed by atoms with Gasteiger partial charge in [0.2, 0.25) is 0 Å². The van der Waals surface area contributed by atoms with Crippen LogP contribution >= 0.6 is 0 Å². The number of nitrogens with zero attached hydrogens (tertiary/aromatic N) is 1. The lowest BCUT2D eigenvalue weighted by molar-refractivity contribution is 0.0105. The lowest BCUT2D eigenvalue weighted by Gasteiger charge is -2.33. The van der Waals surface area contributed by atoms with E-state index in [2.05, 4.69) is 52.7 Å². The molecule has 2 unspecified atom stereocenters. The summed E-state index contributed by atoms with van der Waals surface area (Å²) >= 11 is 0. The van der Waals surface area contributed by atoms with Crippen LogP contribution in [-0.2, 0) is 20.8 Å². The molecular formula is C29H40N2O5. The summed E-state index contributed by atoms with van der Waals surface area (Å²) < 4.78 is 29.3. The Labute approximate surface area is 215 Å². The van der Waals surface area contributed by atoms with Crippen LogP contribution in [0.25, 0.3) is 0 Å². The summed E-state index contributed by atoms with van der Waals surface area (Å²) in [6.45, 7) is 7.42. The summed E-state index contributed by atoms with van der Waals surface area (Å²) in [4.78, 5) is 2.40. The van der Waals surface area contributed by atoms with Gasteiger partial charge >= 0.3 is 0 Å². The van der Waals surface area contributed by atoms with Crippen LogP contribution in [0.5, 0.6) is 11.5 Å². The SMILES string of the molecule is COCCCN1CCOc2ccc(COC3CNCCC3c3ccc(OC4CCOCC4)cc3)cc21. The van der Waals surface area contributed by atoms with E-state index < -0.39 is 0 Å². The van der Waals surface area contributed by atoms with Gasteiger partial charge in [0, 0.05) is 45.6 Å². The van der Waals surface area contributed by atoms with Crippen molar-refractivity contribution in [2.75, 3.05) is 64.6 Å². The minimum Gasteiger partial charge on any atom is -0.490 e. The third-order valence-electron chi connectivity index (χ3n) is 7.43. The van der Waals surface area contributed by atoms with E-state index in [0.717, 1.165) is 95.5 Å². The molecule has 0 saturated carbocycles. The van der Waals surface area contributed by atoms with Gasteiger partial charge in [-0.3, -0.25) is 0 Å². The molecule has 36 heavy (non-hydrogen) atoms. The minimum atomic E-state index is 0.131. The molecule has 3 heterocycles. The highest BCUT2D eigenvalue weighted by Crippen LogP contribution is 2.34. The van der Waals surface area contributed by atoms with Crippen molar-refractivity contribution in [2.45, 2.75) is 50.4 Å². The molecule has 0 bridgehead atoms. The second-order valence-electron chi connectivity index (χ2n) is 9.93. The first-order chi connectivity index (χ1) is 17.8. The Bertz CT molecular complexity index is 947. The molecular weight excluding hydrogens is 456 g/mol. The molecule has 7 nitrogen and oxygen atoms in total. The topological polar surface area (TPSA) is 61.4 Å². The molecule has 5 rings (SSSR count). The number of nitrogens with one attached hydrogen (secondary N) is 1. The third-order valence-corrected chi connectivity index (χ3v) is 7.43. The Morgan fingerprint density at radius 2 is 1.89 bits per heavy atom. The van der Waals surface area contributed by atoms with Gasteiger partial charge in [-0.2, -0.15) is 0 Å². The molecule has 2 atom stereocenters. The number of fused-ring (bicyclic) bond motifs is 1. The number of ether oxygens (including phenoxy) is 5. The van der Waals surface area contributed by atoms with Crippen molar-refractivity contribution < 1.29 is 23.7 Å². The van der Waals surface area contributed by atoms with Crippen LogP contribution in [0, 0.1) is 0 Å². The van der Waals surface area contributed by atoms with Gasteiger partial charge in [0.15, 0.2) is 0 Å². The highest BCUT2D eigenvalue weighted by Gasteiger charge is 2.28. The maximum absolute atomic E-state index is 6.53. The van der Waals surface area contributed by atoms with Crippen molar-refractivity contribution >= 4 is 5.69 Å². The number of piperidine rings is 1. The summed E-state index contributed by atoms with van der Waals surface area (Å²) in [5.41, 5.74) is 3.67. The van der Waals surface area contributed by atoms with Gasteiger partial charge in [-0.1, -0.05) is 18.2 Å². The van der Waals surface area contributed by atoms with E-state index in [1.807, 2.05) is 0 Å². The van der Waals surface area contributed by atoms with Crippen LogP contribution in [0.1, 0.15) is 42.7 Å². The summed E-state index contributed by atoms with van der Waals surface area (Å²) in [5, 5.41) is 3.52. The van der Waals surface area contributed by atoms with Crippen molar-refractivity contribution in [3.63, 3.8) is 0 Å². The van der Waals surface area contributed by atoms with E-state index in [-0.39, 0.29) is 12.2 Å². The molecule has 0 amide bonds. The van der Waals surface area contributed by atoms with Gasteiger partial charge in [-0.25, -0.2) is 0 Å². The number of hydrogen-bond donors (Lipinski definition) is 1. The molecule has 2 saturated heterocycles. The molecule has 0 aromatic heterocycles. The van der Waals surface area contributed by atoms with Gasteiger partial charge in [0.05, 0.1) is 38.2 Å². The van der Waals surface area contributed by atoms with Gasteiger partial charge in [-0.05, 0) is 54.8 Å². The van der Waals surface area contributed by atoms with E-state index in [9.17, 15) is 0 Å². The summed E-state index contributed by atoms with van der Waals surface area (Å²) in [6.07, 6.45) is 4.39.